The minimum Gasteiger partial charge on any atom is -0.368 e. The highest BCUT2D eigenvalue weighted by atomic mass is 16.5. The van der Waals surface area contributed by atoms with E-state index in [1.54, 1.807) is 54.6 Å². The molecule has 10 nitrogen and oxygen atoms in total. The van der Waals surface area contributed by atoms with Crippen molar-refractivity contribution in [1.29, 1.82) is 0 Å². The van der Waals surface area contributed by atoms with Gasteiger partial charge in [0.2, 0.25) is 11.8 Å². The van der Waals surface area contributed by atoms with Gasteiger partial charge in [0.15, 0.2) is 11.4 Å². The predicted octanol–water partition coefficient (Wildman–Crippen LogP) is 3.04. The van der Waals surface area contributed by atoms with E-state index < -0.39 is 29.2 Å². The smallest absolute Gasteiger partial charge is 0.258 e. The minimum atomic E-state index is -1.78. The fourth-order valence-electron chi connectivity index (χ4n) is 4.77. The normalized spacial score (nSPS) is 16.9. The Kier molecular flexibility index (Phi) is 6.49. The van der Waals surface area contributed by atoms with Gasteiger partial charge in [-0.1, -0.05) is 41.6 Å². The SMILES string of the molecule is CC(=O)c1ccc(C(=O)N2C[C@@H](C(C)(N)C(N)=O)C(=O)N(Cc3noc4ccccc34)c3ccccc32)cc1. The van der Waals surface area contributed by atoms with E-state index >= 15 is 0 Å². The number of anilines is 2. The zero-order valence-corrected chi connectivity index (χ0v) is 21.5. The first-order valence-electron chi connectivity index (χ1n) is 12.3. The highest BCUT2D eigenvalue weighted by Crippen LogP contribution is 2.38. The molecule has 10 heteroatoms. The molecule has 2 heterocycles. The number of rotatable bonds is 6. The molecule has 0 spiro atoms. The van der Waals surface area contributed by atoms with Crippen LogP contribution in [0.25, 0.3) is 11.0 Å². The number of carbonyl (C=O) groups is 4. The van der Waals surface area contributed by atoms with Crippen LogP contribution in [0.4, 0.5) is 11.4 Å². The number of primary amides is 1. The van der Waals surface area contributed by atoms with Crippen molar-refractivity contribution in [2.45, 2.75) is 25.9 Å². The van der Waals surface area contributed by atoms with Gasteiger partial charge in [-0.3, -0.25) is 19.2 Å². The third-order valence-corrected chi connectivity index (χ3v) is 7.19. The van der Waals surface area contributed by atoms with Crippen molar-refractivity contribution in [1.82, 2.24) is 5.16 Å². The Morgan fingerprint density at radius 3 is 2.26 bits per heavy atom. The van der Waals surface area contributed by atoms with Crippen LogP contribution in [0.3, 0.4) is 0 Å². The molecule has 2 atom stereocenters. The first-order valence-corrected chi connectivity index (χ1v) is 12.3. The predicted molar refractivity (Wildman–Crippen MR) is 145 cm³/mol. The lowest BCUT2D eigenvalue weighted by Gasteiger charge is -2.33. The number of ketones is 1. The fraction of sp³-hybridized carbons (Fsp3) is 0.207. The number of aromatic nitrogens is 1. The summed E-state index contributed by atoms with van der Waals surface area (Å²) in [5, 5.41) is 4.90. The minimum absolute atomic E-state index is 0.00748. The van der Waals surface area contributed by atoms with Crippen molar-refractivity contribution in [3.05, 3.63) is 89.6 Å². The van der Waals surface area contributed by atoms with E-state index in [9.17, 15) is 19.2 Å². The van der Waals surface area contributed by atoms with Crippen molar-refractivity contribution in [3.8, 4) is 0 Å². The topological polar surface area (TPSA) is 153 Å². The van der Waals surface area contributed by atoms with Crippen molar-refractivity contribution in [3.63, 3.8) is 0 Å². The van der Waals surface area contributed by atoms with Gasteiger partial charge < -0.3 is 25.8 Å². The van der Waals surface area contributed by atoms with Crippen LogP contribution in [0.2, 0.25) is 0 Å². The van der Waals surface area contributed by atoms with Gasteiger partial charge >= 0.3 is 0 Å². The molecule has 0 saturated carbocycles. The highest BCUT2D eigenvalue weighted by molar-refractivity contribution is 6.13. The maximum atomic E-state index is 14.2. The van der Waals surface area contributed by atoms with Crippen LogP contribution >= 0.6 is 0 Å². The summed E-state index contributed by atoms with van der Waals surface area (Å²) in [6.07, 6.45) is 0. The second-order valence-corrected chi connectivity index (χ2v) is 9.79. The number of Topliss-reactive ketones (excluding diaryl/α,β-unsaturated/α-hetero) is 1. The van der Waals surface area contributed by atoms with Gasteiger partial charge in [0.1, 0.15) is 11.2 Å². The number of carbonyl (C=O) groups excluding carboxylic acids is 4. The zero-order chi connectivity index (χ0) is 27.9. The first-order chi connectivity index (χ1) is 18.6. The molecular formula is C29H27N5O5. The average Bonchev–Trinajstić information content (AvgIpc) is 3.29. The molecule has 1 aliphatic rings. The van der Waals surface area contributed by atoms with E-state index in [2.05, 4.69) is 5.16 Å². The van der Waals surface area contributed by atoms with Crippen LogP contribution in [-0.2, 0) is 16.1 Å². The Hall–Kier alpha value is -4.83. The van der Waals surface area contributed by atoms with E-state index in [1.807, 2.05) is 18.2 Å². The fourth-order valence-corrected chi connectivity index (χ4v) is 4.77. The van der Waals surface area contributed by atoms with E-state index in [-0.39, 0.29) is 18.9 Å². The van der Waals surface area contributed by atoms with Gasteiger partial charge in [-0.25, -0.2) is 0 Å². The quantitative estimate of drug-likeness (QED) is 0.367. The second kappa shape index (κ2) is 9.80. The summed E-state index contributed by atoms with van der Waals surface area (Å²) >= 11 is 0. The Morgan fingerprint density at radius 2 is 1.59 bits per heavy atom. The van der Waals surface area contributed by atoms with E-state index in [0.29, 0.717) is 33.8 Å². The van der Waals surface area contributed by atoms with Gasteiger partial charge in [0, 0.05) is 23.1 Å². The maximum Gasteiger partial charge on any atom is 0.258 e. The Balaban J connectivity index is 1.64. The molecule has 4 aromatic rings. The molecule has 5 rings (SSSR count). The summed E-state index contributed by atoms with van der Waals surface area (Å²) in [5.41, 5.74) is 13.0. The van der Waals surface area contributed by atoms with Crippen molar-refractivity contribution < 1.29 is 23.7 Å². The number of para-hydroxylation sites is 3. The van der Waals surface area contributed by atoms with Crippen LogP contribution < -0.4 is 21.3 Å². The van der Waals surface area contributed by atoms with Crippen LogP contribution in [0.1, 0.15) is 40.3 Å². The molecule has 3 amide bonds. The van der Waals surface area contributed by atoms with E-state index in [1.165, 1.54) is 23.6 Å². The largest absolute Gasteiger partial charge is 0.368 e. The zero-order valence-electron chi connectivity index (χ0n) is 21.5. The van der Waals surface area contributed by atoms with Gasteiger partial charge in [-0.15, -0.1) is 0 Å². The third kappa shape index (κ3) is 4.55. The number of benzene rings is 3. The Bertz CT molecular complexity index is 1610. The standard InChI is InChI=1S/C29H27N5O5/c1-17(35)18-11-13-19(14-12-18)26(36)33-15-21(29(2,31)28(30)38)27(37)34(24-9-5-4-8-23(24)33)16-22-20-7-3-6-10-25(20)39-32-22/h3-14,21H,15-16,31H2,1-2H3,(H2,30,38)/t21-,29?/m1/s1. The lowest BCUT2D eigenvalue weighted by molar-refractivity contribution is -0.132. The van der Waals surface area contributed by atoms with E-state index in [0.717, 1.165) is 5.39 Å². The van der Waals surface area contributed by atoms with Gasteiger partial charge in [-0.05, 0) is 50.2 Å². The summed E-state index contributed by atoms with van der Waals surface area (Å²) < 4.78 is 5.45. The molecule has 0 saturated heterocycles. The highest BCUT2D eigenvalue weighted by Gasteiger charge is 2.47. The first kappa shape index (κ1) is 25.8. The molecule has 0 aliphatic carbocycles. The lowest BCUT2D eigenvalue weighted by atomic mass is 9.84. The van der Waals surface area contributed by atoms with Gasteiger partial charge in [0.05, 0.1) is 23.8 Å². The molecule has 1 unspecified atom stereocenters. The summed E-state index contributed by atoms with van der Waals surface area (Å²) in [6, 6.07) is 20.5. The Labute approximate surface area is 224 Å². The number of fused-ring (bicyclic) bond motifs is 2. The van der Waals surface area contributed by atoms with Crippen molar-refractivity contribution in [2.24, 2.45) is 17.4 Å². The summed E-state index contributed by atoms with van der Waals surface area (Å²) in [4.78, 5) is 55.1. The number of hydrogen-bond acceptors (Lipinski definition) is 7. The molecule has 39 heavy (non-hydrogen) atoms. The third-order valence-electron chi connectivity index (χ3n) is 7.19. The molecule has 0 fully saturated rings. The molecule has 198 valence electrons. The summed E-state index contributed by atoms with van der Waals surface area (Å²) in [7, 11) is 0. The molecule has 3 aromatic carbocycles. The molecule has 4 N–H and O–H groups in total. The maximum absolute atomic E-state index is 14.2. The second-order valence-electron chi connectivity index (χ2n) is 9.79. The number of nitrogens with zero attached hydrogens (tertiary/aromatic N) is 3. The Morgan fingerprint density at radius 1 is 0.974 bits per heavy atom. The van der Waals surface area contributed by atoms with Crippen LogP contribution in [0.5, 0.6) is 0 Å². The molecule has 1 aliphatic heterocycles. The van der Waals surface area contributed by atoms with Crippen LogP contribution in [-0.4, -0.2) is 40.7 Å². The molecular weight excluding hydrogens is 498 g/mol. The van der Waals surface area contributed by atoms with Crippen molar-refractivity contribution in [2.75, 3.05) is 16.3 Å². The van der Waals surface area contributed by atoms with Crippen LogP contribution in [0.15, 0.2) is 77.3 Å². The van der Waals surface area contributed by atoms with Crippen molar-refractivity contribution >= 4 is 45.8 Å². The lowest BCUT2D eigenvalue weighted by Crippen LogP contribution is -2.62. The monoisotopic (exact) mass is 525 g/mol. The summed E-state index contributed by atoms with van der Waals surface area (Å²) in [6.45, 7) is 2.64. The van der Waals surface area contributed by atoms with E-state index in [4.69, 9.17) is 16.0 Å². The van der Waals surface area contributed by atoms with Gasteiger partial charge in [-0.2, -0.15) is 0 Å². The summed E-state index contributed by atoms with van der Waals surface area (Å²) in [5.74, 6) is -3.10. The number of nitrogens with two attached hydrogens (primary N) is 2. The van der Waals surface area contributed by atoms with Gasteiger partial charge in [0.25, 0.3) is 5.91 Å². The molecule has 0 radical (unpaired) electrons. The number of hydrogen-bond donors (Lipinski definition) is 2. The average molecular weight is 526 g/mol. The number of amides is 3. The molecule has 1 aromatic heterocycles. The van der Waals surface area contributed by atoms with Crippen LogP contribution in [0, 0.1) is 5.92 Å². The molecule has 0 bridgehead atoms.